The highest BCUT2D eigenvalue weighted by atomic mass is 35.5. The fraction of sp³-hybridized carbons (Fsp3) is 0.609. The molecule has 5 rings (SSSR count). The standard InChI is InChI=1S/C23H23ClF3N3O6S/c24-16-7-13(36-14-10-35-11-14)1-2-18(16)37(33,34)15-8-17(19(31)29-21(12-28)3-4-21)30(9-15)20(32)22(5-6-22)23(25,26)27/h1-2,7,14-15,17H,3-6,8-11H2,(H,29,31). The average molecular weight is 562 g/mol. The summed E-state index contributed by atoms with van der Waals surface area (Å²) in [6, 6.07) is 4.44. The summed E-state index contributed by atoms with van der Waals surface area (Å²) < 4.78 is 78.9. The number of hydrogen-bond donors (Lipinski definition) is 1. The Morgan fingerprint density at radius 2 is 1.89 bits per heavy atom. The summed E-state index contributed by atoms with van der Waals surface area (Å²) in [6.45, 7) is 0.170. The lowest BCUT2D eigenvalue weighted by Crippen LogP contribution is -2.53. The van der Waals surface area contributed by atoms with Crippen molar-refractivity contribution in [1.82, 2.24) is 10.2 Å². The van der Waals surface area contributed by atoms with Crippen LogP contribution in [0.15, 0.2) is 23.1 Å². The number of carbonyl (C=O) groups excluding carboxylic acids is 2. The number of hydrogen-bond acceptors (Lipinski definition) is 7. The molecule has 1 aromatic rings. The van der Waals surface area contributed by atoms with Gasteiger partial charge in [0.15, 0.2) is 9.84 Å². The average Bonchev–Trinajstić information content (AvgIpc) is 3.72. The van der Waals surface area contributed by atoms with Gasteiger partial charge in [-0.15, -0.1) is 0 Å². The molecule has 0 bridgehead atoms. The quantitative estimate of drug-likeness (QED) is 0.542. The van der Waals surface area contributed by atoms with Gasteiger partial charge in [0.1, 0.15) is 28.8 Å². The lowest BCUT2D eigenvalue weighted by molar-refractivity contribution is -0.199. The first kappa shape index (κ1) is 26.1. The van der Waals surface area contributed by atoms with Crippen molar-refractivity contribution in [3.63, 3.8) is 0 Å². The summed E-state index contributed by atoms with van der Waals surface area (Å²) in [6.07, 6.45) is -5.58. The topological polar surface area (TPSA) is 126 Å². The largest absolute Gasteiger partial charge is 0.486 e. The third-order valence-electron chi connectivity index (χ3n) is 7.41. The molecule has 0 spiro atoms. The van der Waals surface area contributed by atoms with Crippen molar-refractivity contribution in [3.05, 3.63) is 23.2 Å². The number of halogens is 4. The van der Waals surface area contributed by atoms with Gasteiger partial charge < -0.3 is 19.7 Å². The fourth-order valence-corrected chi connectivity index (χ4v) is 6.90. The first-order valence-electron chi connectivity index (χ1n) is 11.7. The van der Waals surface area contributed by atoms with Gasteiger partial charge in [0, 0.05) is 12.6 Å². The van der Waals surface area contributed by atoms with Crippen LogP contribution in [0, 0.1) is 16.7 Å². The van der Waals surface area contributed by atoms with E-state index in [1.807, 2.05) is 6.07 Å². The Morgan fingerprint density at radius 1 is 1.22 bits per heavy atom. The fourth-order valence-electron chi connectivity index (χ4n) is 4.66. The van der Waals surface area contributed by atoms with Gasteiger partial charge in [0.25, 0.3) is 0 Å². The summed E-state index contributed by atoms with van der Waals surface area (Å²) in [7, 11) is -4.27. The zero-order valence-electron chi connectivity index (χ0n) is 19.4. The highest BCUT2D eigenvalue weighted by Gasteiger charge is 2.70. The number of nitrogens with one attached hydrogen (secondary N) is 1. The number of alkyl halides is 3. The van der Waals surface area contributed by atoms with E-state index in [0.717, 1.165) is 0 Å². The van der Waals surface area contributed by atoms with Gasteiger partial charge in [-0.2, -0.15) is 18.4 Å². The monoisotopic (exact) mass is 561 g/mol. The first-order valence-corrected chi connectivity index (χ1v) is 13.6. The number of carbonyl (C=O) groups is 2. The summed E-state index contributed by atoms with van der Waals surface area (Å²) in [5, 5.41) is 10.3. The number of rotatable bonds is 7. The zero-order chi connectivity index (χ0) is 26.8. The molecule has 1 aromatic carbocycles. The number of nitrogens with zero attached hydrogens (tertiary/aromatic N) is 2. The maximum Gasteiger partial charge on any atom is 0.403 e. The van der Waals surface area contributed by atoms with Crippen LogP contribution < -0.4 is 10.1 Å². The van der Waals surface area contributed by atoms with Crippen LogP contribution in [0.25, 0.3) is 0 Å². The number of likely N-dealkylation sites (tertiary alicyclic amines) is 1. The molecule has 14 heteroatoms. The molecule has 2 saturated heterocycles. The Bertz CT molecular complexity index is 1290. The molecule has 2 heterocycles. The normalized spacial score (nSPS) is 26.1. The molecule has 2 aliphatic heterocycles. The van der Waals surface area contributed by atoms with Crippen LogP contribution in [0.3, 0.4) is 0 Å². The highest BCUT2D eigenvalue weighted by Crippen LogP contribution is 2.59. The highest BCUT2D eigenvalue weighted by molar-refractivity contribution is 7.92. The van der Waals surface area contributed by atoms with E-state index in [2.05, 4.69) is 5.32 Å². The predicted molar refractivity (Wildman–Crippen MR) is 121 cm³/mol. The molecule has 200 valence electrons. The smallest absolute Gasteiger partial charge is 0.403 e. The molecule has 4 aliphatic rings. The number of amides is 2. The maximum atomic E-state index is 13.7. The van der Waals surface area contributed by atoms with Gasteiger partial charge in [-0.3, -0.25) is 9.59 Å². The van der Waals surface area contributed by atoms with Crippen LogP contribution in [0.1, 0.15) is 32.1 Å². The second-order valence-electron chi connectivity index (χ2n) is 10.0. The number of ether oxygens (including phenoxy) is 2. The van der Waals surface area contributed by atoms with Crippen molar-refractivity contribution in [2.24, 2.45) is 5.41 Å². The van der Waals surface area contributed by atoms with Crippen molar-refractivity contribution < 1.29 is 40.7 Å². The molecule has 2 saturated carbocycles. The molecule has 2 amide bonds. The molecule has 0 aromatic heterocycles. The van der Waals surface area contributed by atoms with Crippen molar-refractivity contribution in [2.45, 2.75) is 66.1 Å². The second-order valence-corrected chi connectivity index (χ2v) is 12.6. The van der Waals surface area contributed by atoms with Crippen LogP contribution in [0.4, 0.5) is 13.2 Å². The Balaban J connectivity index is 1.42. The molecule has 1 N–H and O–H groups in total. The van der Waals surface area contributed by atoms with Crippen LogP contribution >= 0.6 is 11.6 Å². The van der Waals surface area contributed by atoms with Crippen molar-refractivity contribution in [2.75, 3.05) is 19.8 Å². The maximum absolute atomic E-state index is 13.7. The van der Waals surface area contributed by atoms with E-state index in [4.69, 9.17) is 21.1 Å². The number of nitriles is 1. The van der Waals surface area contributed by atoms with E-state index >= 15 is 0 Å². The van der Waals surface area contributed by atoms with E-state index in [1.54, 1.807) is 0 Å². The number of sulfone groups is 1. The second kappa shape index (κ2) is 8.74. The molecule has 2 aliphatic carbocycles. The lowest BCUT2D eigenvalue weighted by atomic mass is 10.0. The van der Waals surface area contributed by atoms with Gasteiger partial charge in [0.05, 0.1) is 34.5 Å². The molecule has 0 radical (unpaired) electrons. The van der Waals surface area contributed by atoms with Crippen LogP contribution in [0.2, 0.25) is 5.02 Å². The van der Waals surface area contributed by atoms with Gasteiger partial charge in [-0.25, -0.2) is 8.42 Å². The Kier molecular flexibility index (Phi) is 6.16. The Labute approximate surface area is 215 Å². The molecule has 37 heavy (non-hydrogen) atoms. The third-order valence-corrected chi connectivity index (χ3v) is 10.0. The molecule has 2 atom stereocenters. The molecule has 9 nitrogen and oxygen atoms in total. The summed E-state index contributed by atoms with van der Waals surface area (Å²) >= 11 is 6.26. The molecule has 2 unspecified atom stereocenters. The first-order chi connectivity index (χ1) is 17.3. The SMILES string of the molecule is N#CC1(NC(=O)C2CC(S(=O)(=O)c3ccc(OC4COC4)cc3Cl)CN2C(=O)C2(C(F)(F)F)CC2)CC1. The van der Waals surface area contributed by atoms with E-state index in [-0.39, 0.29) is 16.0 Å². The van der Waals surface area contributed by atoms with Crippen LogP contribution in [-0.4, -0.2) is 74.0 Å². The summed E-state index contributed by atoms with van der Waals surface area (Å²) in [5.74, 6) is -1.84. The lowest BCUT2D eigenvalue weighted by Gasteiger charge is -2.29. The molecule has 4 fully saturated rings. The predicted octanol–water partition coefficient (Wildman–Crippen LogP) is 2.38. The van der Waals surface area contributed by atoms with E-state index < -0.39 is 75.9 Å². The van der Waals surface area contributed by atoms with Crippen LogP contribution in [0.5, 0.6) is 5.75 Å². The Morgan fingerprint density at radius 3 is 2.38 bits per heavy atom. The minimum Gasteiger partial charge on any atom is -0.486 e. The minimum atomic E-state index is -4.84. The minimum absolute atomic E-state index is 0.154. The summed E-state index contributed by atoms with van der Waals surface area (Å²) in [5.41, 5.74) is -3.77. The van der Waals surface area contributed by atoms with Gasteiger partial charge >= 0.3 is 6.18 Å². The Hall–Kier alpha value is -2.56. The van der Waals surface area contributed by atoms with Crippen LogP contribution in [-0.2, 0) is 24.2 Å². The zero-order valence-corrected chi connectivity index (χ0v) is 21.0. The van der Waals surface area contributed by atoms with Crippen molar-refractivity contribution in [1.29, 1.82) is 5.26 Å². The van der Waals surface area contributed by atoms with Gasteiger partial charge in [-0.05, 0) is 44.2 Å². The number of benzene rings is 1. The van der Waals surface area contributed by atoms with Crippen molar-refractivity contribution in [3.8, 4) is 11.8 Å². The summed E-state index contributed by atoms with van der Waals surface area (Å²) in [4.78, 5) is 26.6. The van der Waals surface area contributed by atoms with Gasteiger partial charge in [0.2, 0.25) is 11.8 Å². The molecular weight excluding hydrogens is 539 g/mol. The van der Waals surface area contributed by atoms with Gasteiger partial charge in [-0.1, -0.05) is 11.6 Å². The molecular formula is C23H23ClF3N3O6S. The van der Waals surface area contributed by atoms with E-state index in [9.17, 15) is 36.4 Å². The third kappa shape index (κ3) is 4.53. The van der Waals surface area contributed by atoms with E-state index in [0.29, 0.717) is 36.7 Å². The van der Waals surface area contributed by atoms with Crippen molar-refractivity contribution >= 4 is 33.3 Å². The van der Waals surface area contributed by atoms with E-state index in [1.165, 1.54) is 18.2 Å².